The number of aryl methyl sites for hydroxylation is 1. The van der Waals surface area contributed by atoms with Gasteiger partial charge in [-0.15, -0.1) is 0 Å². The predicted octanol–water partition coefficient (Wildman–Crippen LogP) is 3.42. The summed E-state index contributed by atoms with van der Waals surface area (Å²) in [5.41, 5.74) is 3.32. The van der Waals surface area contributed by atoms with Gasteiger partial charge in [-0.2, -0.15) is 5.26 Å². The molecule has 1 N–H and O–H groups in total. The minimum atomic E-state index is -0.237. The number of carbonyl (C=O) groups excluding carboxylic acids is 1. The minimum absolute atomic E-state index is 0.176. The smallest absolute Gasteiger partial charge is 0.251 e. The molecule has 22 heavy (non-hydrogen) atoms. The van der Waals surface area contributed by atoms with Crippen molar-refractivity contribution in [1.82, 2.24) is 5.32 Å². The fraction of sp³-hybridized carbons (Fsp3) is 0.222. The standard InChI is InChI=1S/C18H15FN2O/c1-11-5-6-12(9-13(11)10-20)18(22)21-17-8-7-14-15(17)3-2-4-16(14)19/h2-6,9,17H,7-8H2,1H3,(H,21,22). The van der Waals surface area contributed by atoms with E-state index in [1.165, 1.54) is 6.07 Å². The highest BCUT2D eigenvalue weighted by molar-refractivity contribution is 5.95. The van der Waals surface area contributed by atoms with E-state index >= 15 is 0 Å². The van der Waals surface area contributed by atoms with Crippen LogP contribution in [-0.2, 0) is 6.42 Å². The Morgan fingerprint density at radius 3 is 2.95 bits per heavy atom. The third-order valence-corrected chi connectivity index (χ3v) is 4.14. The first kappa shape index (κ1) is 14.3. The normalized spacial score (nSPS) is 16.0. The fourth-order valence-corrected chi connectivity index (χ4v) is 2.88. The van der Waals surface area contributed by atoms with Crippen LogP contribution in [0.4, 0.5) is 4.39 Å². The van der Waals surface area contributed by atoms with E-state index in [9.17, 15) is 9.18 Å². The SMILES string of the molecule is Cc1ccc(C(=O)NC2CCc3c(F)cccc32)cc1C#N. The maximum atomic E-state index is 13.7. The van der Waals surface area contributed by atoms with E-state index in [4.69, 9.17) is 5.26 Å². The molecule has 2 aromatic rings. The molecule has 1 aliphatic carbocycles. The maximum Gasteiger partial charge on any atom is 0.251 e. The topological polar surface area (TPSA) is 52.9 Å². The van der Waals surface area contributed by atoms with Crippen LogP contribution in [0.25, 0.3) is 0 Å². The summed E-state index contributed by atoms with van der Waals surface area (Å²) in [5, 5.41) is 12.0. The molecule has 4 heteroatoms. The van der Waals surface area contributed by atoms with Crippen molar-refractivity contribution < 1.29 is 9.18 Å². The molecule has 0 heterocycles. The van der Waals surface area contributed by atoms with Crippen molar-refractivity contribution in [2.45, 2.75) is 25.8 Å². The van der Waals surface area contributed by atoms with Crippen molar-refractivity contribution >= 4 is 5.91 Å². The molecular weight excluding hydrogens is 279 g/mol. The number of hydrogen-bond donors (Lipinski definition) is 1. The average molecular weight is 294 g/mol. The van der Waals surface area contributed by atoms with Crippen LogP contribution >= 0.6 is 0 Å². The van der Waals surface area contributed by atoms with Gasteiger partial charge in [0, 0.05) is 5.56 Å². The highest BCUT2D eigenvalue weighted by Crippen LogP contribution is 2.32. The number of fused-ring (bicyclic) bond motifs is 1. The molecule has 1 amide bonds. The second kappa shape index (κ2) is 5.61. The lowest BCUT2D eigenvalue weighted by molar-refractivity contribution is 0.0936. The first-order valence-corrected chi connectivity index (χ1v) is 7.19. The first-order valence-electron chi connectivity index (χ1n) is 7.19. The molecule has 1 unspecified atom stereocenters. The second-order valence-electron chi connectivity index (χ2n) is 5.51. The van der Waals surface area contributed by atoms with Crippen LogP contribution in [0.2, 0.25) is 0 Å². The molecule has 0 aromatic heterocycles. The van der Waals surface area contributed by atoms with E-state index in [1.54, 1.807) is 24.3 Å². The lowest BCUT2D eigenvalue weighted by Crippen LogP contribution is -2.27. The van der Waals surface area contributed by atoms with Gasteiger partial charge >= 0.3 is 0 Å². The number of benzene rings is 2. The number of nitrogens with zero attached hydrogens (tertiary/aromatic N) is 1. The van der Waals surface area contributed by atoms with E-state index in [0.29, 0.717) is 29.5 Å². The Morgan fingerprint density at radius 1 is 1.36 bits per heavy atom. The summed E-state index contributed by atoms with van der Waals surface area (Å²) in [5.74, 6) is -0.449. The lowest BCUT2D eigenvalue weighted by Gasteiger charge is -2.14. The van der Waals surface area contributed by atoms with Gasteiger partial charge in [0.15, 0.2) is 0 Å². The molecule has 0 fully saturated rings. The molecule has 1 aliphatic rings. The summed E-state index contributed by atoms with van der Waals surface area (Å²) in [7, 11) is 0. The van der Waals surface area contributed by atoms with Gasteiger partial charge in [-0.25, -0.2) is 4.39 Å². The van der Waals surface area contributed by atoms with Crippen molar-refractivity contribution in [3.05, 3.63) is 70.0 Å². The maximum absolute atomic E-state index is 13.7. The van der Waals surface area contributed by atoms with E-state index in [1.807, 2.05) is 13.0 Å². The Kier molecular flexibility index (Phi) is 3.64. The number of amides is 1. The predicted molar refractivity (Wildman–Crippen MR) is 80.8 cm³/mol. The summed E-state index contributed by atoms with van der Waals surface area (Å²) in [6.07, 6.45) is 1.32. The van der Waals surface area contributed by atoms with E-state index in [2.05, 4.69) is 11.4 Å². The zero-order valence-corrected chi connectivity index (χ0v) is 12.2. The Hall–Kier alpha value is -2.67. The molecule has 110 valence electrons. The third-order valence-electron chi connectivity index (χ3n) is 4.14. The summed E-state index contributed by atoms with van der Waals surface area (Å²) in [4.78, 5) is 12.4. The van der Waals surface area contributed by atoms with Crippen LogP contribution in [-0.4, -0.2) is 5.91 Å². The summed E-state index contributed by atoms with van der Waals surface area (Å²) in [6.45, 7) is 1.83. The highest BCUT2D eigenvalue weighted by atomic mass is 19.1. The lowest BCUT2D eigenvalue weighted by atomic mass is 10.0. The number of halogens is 1. The van der Waals surface area contributed by atoms with Crippen molar-refractivity contribution in [2.24, 2.45) is 0 Å². The zero-order valence-electron chi connectivity index (χ0n) is 12.2. The monoisotopic (exact) mass is 294 g/mol. The minimum Gasteiger partial charge on any atom is -0.345 e. The van der Waals surface area contributed by atoms with Crippen LogP contribution in [0.3, 0.4) is 0 Å². The van der Waals surface area contributed by atoms with Crippen LogP contribution < -0.4 is 5.32 Å². The van der Waals surface area contributed by atoms with Crippen LogP contribution in [0, 0.1) is 24.1 Å². The number of nitrogens with one attached hydrogen (secondary N) is 1. The quantitative estimate of drug-likeness (QED) is 0.922. The molecular formula is C18H15FN2O. The van der Waals surface area contributed by atoms with Gasteiger partial charge in [-0.3, -0.25) is 4.79 Å². The molecule has 0 spiro atoms. The summed E-state index contributed by atoms with van der Waals surface area (Å²) >= 11 is 0. The number of rotatable bonds is 2. The van der Waals surface area contributed by atoms with Crippen molar-refractivity contribution in [2.75, 3.05) is 0 Å². The Balaban J connectivity index is 1.82. The first-order chi connectivity index (χ1) is 10.6. The Bertz CT molecular complexity index is 792. The largest absolute Gasteiger partial charge is 0.345 e. The molecule has 0 bridgehead atoms. The molecule has 0 aliphatic heterocycles. The van der Waals surface area contributed by atoms with Crippen LogP contribution in [0.15, 0.2) is 36.4 Å². The molecule has 1 atom stereocenters. The van der Waals surface area contributed by atoms with Gasteiger partial charge in [-0.05, 0) is 54.7 Å². The van der Waals surface area contributed by atoms with E-state index in [-0.39, 0.29) is 17.8 Å². The molecule has 0 radical (unpaired) electrons. The van der Waals surface area contributed by atoms with Gasteiger partial charge in [0.2, 0.25) is 0 Å². The van der Waals surface area contributed by atoms with Crippen LogP contribution in [0.1, 0.15) is 45.1 Å². The van der Waals surface area contributed by atoms with Crippen molar-refractivity contribution in [3.63, 3.8) is 0 Å². The van der Waals surface area contributed by atoms with Gasteiger partial charge < -0.3 is 5.32 Å². The Labute approximate surface area is 128 Å². The van der Waals surface area contributed by atoms with E-state index < -0.39 is 0 Å². The van der Waals surface area contributed by atoms with Crippen molar-refractivity contribution in [3.8, 4) is 6.07 Å². The van der Waals surface area contributed by atoms with E-state index in [0.717, 1.165) is 11.1 Å². The molecule has 2 aromatic carbocycles. The van der Waals surface area contributed by atoms with Crippen molar-refractivity contribution in [1.29, 1.82) is 5.26 Å². The zero-order chi connectivity index (χ0) is 15.7. The number of hydrogen-bond acceptors (Lipinski definition) is 2. The molecule has 3 rings (SSSR count). The van der Waals surface area contributed by atoms with Gasteiger partial charge in [0.05, 0.1) is 17.7 Å². The van der Waals surface area contributed by atoms with Crippen LogP contribution in [0.5, 0.6) is 0 Å². The third kappa shape index (κ3) is 2.46. The molecule has 3 nitrogen and oxygen atoms in total. The summed E-state index contributed by atoms with van der Waals surface area (Å²) in [6, 6.07) is 11.9. The fourth-order valence-electron chi connectivity index (χ4n) is 2.88. The highest BCUT2D eigenvalue weighted by Gasteiger charge is 2.26. The summed E-state index contributed by atoms with van der Waals surface area (Å²) < 4.78 is 13.7. The Morgan fingerprint density at radius 2 is 2.18 bits per heavy atom. The number of nitriles is 1. The molecule has 0 saturated heterocycles. The second-order valence-corrected chi connectivity index (χ2v) is 5.51. The average Bonchev–Trinajstić information content (AvgIpc) is 2.92. The molecule has 0 saturated carbocycles. The number of carbonyl (C=O) groups is 1. The van der Waals surface area contributed by atoms with Gasteiger partial charge in [-0.1, -0.05) is 18.2 Å². The van der Waals surface area contributed by atoms with Gasteiger partial charge in [0.1, 0.15) is 5.82 Å². The van der Waals surface area contributed by atoms with Gasteiger partial charge in [0.25, 0.3) is 5.91 Å².